The predicted molar refractivity (Wildman–Crippen MR) is 57.7 cm³/mol. The second-order valence-corrected chi connectivity index (χ2v) is 3.22. The number of halogens is 1. The Labute approximate surface area is 96.3 Å². The van der Waals surface area contributed by atoms with Crippen LogP contribution in [0.1, 0.15) is 10.4 Å². The summed E-state index contributed by atoms with van der Waals surface area (Å²) in [5.41, 5.74) is 0.0265. The molecule has 0 aliphatic carbocycles. The topological polar surface area (TPSA) is 59.4 Å². The molecule has 0 saturated heterocycles. The van der Waals surface area contributed by atoms with Gasteiger partial charge in [0.15, 0.2) is 0 Å². The van der Waals surface area contributed by atoms with Crippen molar-refractivity contribution < 1.29 is 19.0 Å². The molecule has 0 atom stereocenters. The van der Waals surface area contributed by atoms with Crippen LogP contribution in [0.2, 0.25) is 0 Å². The van der Waals surface area contributed by atoms with Gasteiger partial charge in [0.05, 0.1) is 6.20 Å². The summed E-state index contributed by atoms with van der Waals surface area (Å²) in [7, 11) is 0. The van der Waals surface area contributed by atoms with E-state index in [1.807, 2.05) is 0 Å². The minimum absolute atomic E-state index is 0.0265. The highest BCUT2D eigenvalue weighted by Gasteiger charge is 2.11. The summed E-state index contributed by atoms with van der Waals surface area (Å²) in [6, 6.07) is 8.68. The number of carboxylic acid groups (broad SMARTS) is 1. The molecule has 0 radical (unpaired) electrons. The average Bonchev–Trinajstić information content (AvgIpc) is 2.32. The zero-order valence-electron chi connectivity index (χ0n) is 8.63. The van der Waals surface area contributed by atoms with E-state index in [9.17, 15) is 9.18 Å². The fraction of sp³-hybridized carbons (Fsp3) is 0. The van der Waals surface area contributed by atoms with Crippen molar-refractivity contribution in [3.05, 3.63) is 54.0 Å². The number of carboxylic acids is 1. The minimum atomic E-state index is -1.09. The maximum absolute atomic E-state index is 12.6. The number of ether oxygens (including phenoxy) is 1. The van der Waals surface area contributed by atoms with Crippen LogP contribution in [0.4, 0.5) is 4.39 Å². The van der Waals surface area contributed by atoms with Crippen molar-refractivity contribution >= 4 is 5.97 Å². The van der Waals surface area contributed by atoms with E-state index in [2.05, 4.69) is 4.98 Å². The highest BCUT2D eigenvalue weighted by Crippen LogP contribution is 2.23. The van der Waals surface area contributed by atoms with Gasteiger partial charge in [0, 0.05) is 6.07 Å². The molecule has 86 valence electrons. The second kappa shape index (κ2) is 4.61. The van der Waals surface area contributed by atoms with E-state index in [1.54, 1.807) is 12.1 Å². The number of aromatic nitrogens is 1. The molecule has 2 rings (SSSR count). The van der Waals surface area contributed by atoms with E-state index in [4.69, 9.17) is 9.84 Å². The van der Waals surface area contributed by atoms with Crippen molar-refractivity contribution in [3.63, 3.8) is 0 Å². The number of benzene rings is 1. The van der Waals surface area contributed by atoms with Gasteiger partial charge in [-0.15, -0.1) is 0 Å². The van der Waals surface area contributed by atoms with Crippen molar-refractivity contribution in [1.29, 1.82) is 0 Å². The quantitative estimate of drug-likeness (QED) is 0.885. The van der Waals surface area contributed by atoms with Crippen LogP contribution < -0.4 is 4.74 Å². The molecule has 0 spiro atoms. The Morgan fingerprint density at radius 1 is 1.24 bits per heavy atom. The van der Waals surface area contributed by atoms with E-state index < -0.39 is 11.8 Å². The van der Waals surface area contributed by atoms with Gasteiger partial charge in [0.25, 0.3) is 0 Å². The smallest absolute Gasteiger partial charge is 0.339 e. The molecule has 17 heavy (non-hydrogen) atoms. The summed E-state index contributed by atoms with van der Waals surface area (Å²) in [6.45, 7) is 0. The summed E-state index contributed by atoms with van der Waals surface area (Å²) < 4.78 is 17.9. The van der Waals surface area contributed by atoms with Crippen LogP contribution in [0.25, 0.3) is 0 Å². The van der Waals surface area contributed by atoms with Gasteiger partial charge in [-0.1, -0.05) is 12.1 Å². The first-order valence-electron chi connectivity index (χ1n) is 4.78. The Morgan fingerprint density at radius 3 is 2.65 bits per heavy atom. The lowest BCUT2D eigenvalue weighted by Gasteiger charge is -2.06. The van der Waals surface area contributed by atoms with Gasteiger partial charge in [-0.25, -0.2) is 14.2 Å². The third-order valence-corrected chi connectivity index (χ3v) is 2.03. The molecule has 0 saturated carbocycles. The van der Waals surface area contributed by atoms with Gasteiger partial charge < -0.3 is 9.84 Å². The van der Waals surface area contributed by atoms with Gasteiger partial charge >= 0.3 is 5.97 Å². The molecule has 0 aliphatic heterocycles. The SMILES string of the molecule is O=C(O)c1ccccc1Oc1ccc(F)cn1. The molecule has 0 unspecified atom stereocenters. The third-order valence-electron chi connectivity index (χ3n) is 2.03. The van der Waals surface area contributed by atoms with E-state index >= 15 is 0 Å². The first-order chi connectivity index (χ1) is 8.16. The van der Waals surface area contributed by atoms with Gasteiger partial charge in [-0.2, -0.15) is 0 Å². The molecule has 0 aliphatic rings. The Morgan fingerprint density at radius 2 is 2.00 bits per heavy atom. The summed E-state index contributed by atoms with van der Waals surface area (Å²) >= 11 is 0. The zero-order valence-corrected chi connectivity index (χ0v) is 8.63. The third kappa shape index (κ3) is 2.57. The van der Waals surface area contributed by atoms with Crippen LogP contribution >= 0.6 is 0 Å². The van der Waals surface area contributed by atoms with E-state index in [0.29, 0.717) is 0 Å². The number of aromatic carboxylic acids is 1. The summed E-state index contributed by atoms with van der Waals surface area (Å²) in [4.78, 5) is 14.6. The average molecular weight is 233 g/mol. The summed E-state index contributed by atoms with van der Waals surface area (Å²) in [5, 5.41) is 8.93. The van der Waals surface area contributed by atoms with Crippen molar-refractivity contribution in [2.75, 3.05) is 0 Å². The maximum atomic E-state index is 12.6. The second-order valence-electron chi connectivity index (χ2n) is 3.22. The van der Waals surface area contributed by atoms with Crippen LogP contribution in [0.3, 0.4) is 0 Å². The molecule has 1 N–H and O–H groups in total. The fourth-order valence-electron chi connectivity index (χ4n) is 1.27. The van der Waals surface area contributed by atoms with E-state index in [-0.39, 0.29) is 17.2 Å². The van der Waals surface area contributed by atoms with Crippen LogP contribution in [0, 0.1) is 5.82 Å². The number of nitrogens with zero attached hydrogens (tertiary/aromatic N) is 1. The van der Waals surface area contributed by atoms with Crippen LogP contribution in [0.5, 0.6) is 11.6 Å². The standard InChI is InChI=1S/C12H8FNO3/c13-8-5-6-11(14-7-8)17-10-4-2-1-3-9(10)12(15)16/h1-7H,(H,15,16). The summed E-state index contributed by atoms with van der Waals surface area (Å²) in [6.07, 6.45) is 0.999. The lowest BCUT2D eigenvalue weighted by molar-refractivity contribution is 0.0694. The summed E-state index contributed by atoms with van der Waals surface area (Å²) in [5.74, 6) is -1.27. The first kappa shape index (κ1) is 11.1. The van der Waals surface area contributed by atoms with Gasteiger partial charge in [-0.05, 0) is 18.2 Å². The Bertz CT molecular complexity index is 540. The number of para-hydroxylation sites is 1. The maximum Gasteiger partial charge on any atom is 0.339 e. The number of carbonyl (C=O) groups is 1. The minimum Gasteiger partial charge on any atom is -0.478 e. The number of pyridine rings is 1. The van der Waals surface area contributed by atoms with E-state index in [1.165, 1.54) is 24.3 Å². The van der Waals surface area contributed by atoms with Gasteiger partial charge in [0.1, 0.15) is 17.1 Å². The van der Waals surface area contributed by atoms with Crippen LogP contribution in [-0.4, -0.2) is 16.1 Å². The predicted octanol–water partition coefficient (Wildman–Crippen LogP) is 2.71. The Kier molecular flexibility index (Phi) is 3.00. The van der Waals surface area contributed by atoms with Gasteiger partial charge in [-0.3, -0.25) is 0 Å². The molecule has 4 nitrogen and oxygen atoms in total. The molecule has 0 bridgehead atoms. The lowest BCUT2D eigenvalue weighted by atomic mass is 10.2. The fourth-order valence-corrected chi connectivity index (χ4v) is 1.27. The van der Waals surface area contributed by atoms with Crippen LogP contribution in [-0.2, 0) is 0 Å². The number of hydrogen-bond acceptors (Lipinski definition) is 3. The molecule has 0 fully saturated rings. The molecule has 1 heterocycles. The lowest BCUT2D eigenvalue weighted by Crippen LogP contribution is -2.00. The normalized spacial score (nSPS) is 9.94. The van der Waals surface area contributed by atoms with Crippen molar-refractivity contribution in [2.45, 2.75) is 0 Å². The first-order valence-corrected chi connectivity index (χ1v) is 4.78. The monoisotopic (exact) mass is 233 g/mol. The number of rotatable bonds is 3. The van der Waals surface area contributed by atoms with Crippen LogP contribution in [0.15, 0.2) is 42.6 Å². The zero-order chi connectivity index (χ0) is 12.3. The molecule has 1 aromatic carbocycles. The molecular formula is C12H8FNO3. The highest BCUT2D eigenvalue weighted by atomic mass is 19.1. The van der Waals surface area contributed by atoms with E-state index in [0.717, 1.165) is 6.20 Å². The molecule has 5 heteroatoms. The molecular weight excluding hydrogens is 225 g/mol. The largest absolute Gasteiger partial charge is 0.478 e. The van der Waals surface area contributed by atoms with Crippen molar-refractivity contribution in [3.8, 4) is 11.6 Å². The Hall–Kier alpha value is -2.43. The van der Waals surface area contributed by atoms with Gasteiger partial charge in [0.2, 0.25) is 5.88 Å². The van der Waals surface area contributed by atoms with Crippen molar-refractivity contribution in [1.82, 2.24) is 4.98 Å². The molecule has 2 aromatic rings. The highest BCUT2D eigenvalue weighted by molar-refractivity contribution is 5.90. The molecule has 0 amide bonds. The van der Waals surface area contributed by atoms with Crippen molar-refractivity contribution in [2.24, 2.45) is 0 Å². The number of hydrogen-bond donors (Lipinski definition) is 1. The molecule has 1 aromatic heterocycles. The Balaban J connectivity index is 2.30.